The minimum Gasteiger partial charge on any atom is -0.466 e. The van der Waals surface area contributed by atoms with Gasteiger partial charge in [0.2, 0.25) is 0 Å². The second kappa shape index (κ2) is 5.48. The molecule has 0 aliphatic rings. The first kappa shape index (κ1) is 14.0. The second-order valence-corrected chi connectivity index (χ2v) is 3.87. The average molecular weight is 312 g/mol. The summed E-state index contributed by atoms with van der Waals surface area (Å²) in [7, 11) is 0. The molecule has 0 radical (unpaired) electrons. The Morgan fingerprint density at radius 1 is 1.47 bits per heavy atom. The van der Waals surface area contributed by atoms with Gasteiger partial charge in [-0.25, -0.2) is 4.98 Å². The van der Waals surface area contributed by atoms with E-state index in [0.29, 0.717) is 0 Å². The van der Waals surface area contributed by atoms with E-state index < -0.39 is 17.7 Å². The minimum absolute atomic E-state index is 0.148. The number of carbonyl (C=O) groups excluding carboxylic acids is 1. The summed E-state index contributed by atoms with van der Waals surface area (Å²) in [4.78, 5) is 14.8. The predicted molar refractivity (Wildman–Crippen MR) is 57.3 cm³/mol. The topological polar surface area (TPSA) is 39.2 Å². The number of carbonyl (C=O) groups is 1. The van der Waals surface area contributed by atoms with Crippen LogP contribution < -0.4 is 0 Å². The van der Waals surface area contributed by atoms with Crippen LogP contribution in [0.25, 0.3) is 0 Å². The molecule has 1 aromatic heterocycles. The van der Waals surface area contributed by atoms with Crippen LogP contribution in [-0.2, 0) is 22.1 Å². The largest absolute Gasteiger partial charge is 0.466 e. The van der Waals surface area contributed by atoms with Crippen molar-refractivity contribution in [1.82, 2.24) is 4.98 Å². The van der Waals surface area contributed by atoms with Crippen LogP contribution in [0.5, 0.6) is 0 Å². The molecule has 1 rings (SSSR count). The zero-order valence-electron chi connectivity index (χ0n) is 8.84. The third-order valence-electron chi connectivity index (χ3n) is 1.84. The van der Waals surface area contributed by atoms with Crippen molar-refractivity contribution >= 4 is 21.9 Å². The van der Waals surface area contributed by atoms with E-state index in [2.05, 4.69) is 25.7 Å². The molecule has 0 aromatic carbocycles. The molecule has 0 unspecified atom stereocenters. The molecule has 0 saturated carbocycles. The maximum absolute atomic E-state index is 12.4. The normalized spacial score (nSPS) is 11.4. The van der Waals surface area contributed by atoms with Crippen LogP contribution >= 0.6 is 15.9 Å². The number of alkyl halides is 3. The number of hydrogen-bond acceptors (Lipinski definition) is 3. The molecule has 0 aliphatic heterocycles. The molecule has 0 amide bonds. The molecule has 0 spiro atoms. The van der Waals surface area contributed by atoms with Gasteiger partial charge < -0.3 is 4.74 Å². The first-order valence-corrected chi connectivity index (χ1v) is 5.52. The first-order chi connectivity index (χ1) is 7.84. The van der Waals surface area contributed by atoms with Gasteiger partial charge in [0.1, 0.15) is 4.60 Å². The number of aromatic nitrogens is 1. The van der Waals surface area contributed by atoms with Crippen LogP contribution in [0.15, 0.2) is 16.7 Å². The molecule has 94 valence electrons. The summed E-state index contributed by atoms with van der Waals surface area (Å²) in [6, 6.07) is 2.04. The molecule has 1 heterocycles. The fraction of sp³-hybridized carbons (Fsp3) is 0.400. The second-order valence-electron chi connectivity index (χ2n) is 3.12. The lowest BCUT2D eigenvalue weighted by atomic mass is 10.2. The molecule has 0 bridgehead atoms. The highest BCUT2D eigenvalue weighted by atomic mass is 79.9. The lowest BCUT2D eigenvalue weighted by molar-refractivity contribution is -0.142. The molecule has 0 saturated heterocycles. The maximum Gasteiger partial charge on any atom is 0.419 e. The third-order valence-corrected chi connectivity index (χ3v) is 2.45. The Kier molecular flexibility index (Phi) is 4.50. The van der Waals surface area contributed by atoms with Gasteiger partial charge in [0, 0.05) is 0 Å². The van der Waals surface area contributed by atoms with E-state index in [9.17, 15) is 18.0 Å². The fourth-order valence-electron chi connectivity index (χ4n) is 1.14. The summed E-state index contributed by atoms with van der Waals surface area (Å²) in [6.45, 7) is 1.87. The van der Waals surface area contributed by atoms with E-state index >= 15 is 0 Å². The van der Waals surface area contributed by atoms with Crippen molar-refractivity contribution in [3.8, 4) is 0 Å². The van der Waals surface area contributed by atoms with Crippen molar-refractivity contribution in [2.45, 2.75) is 19.5 Å². The van der Waals surface area contributed by atoms with Crippen LogP contribution in [0.1, 0.15) is 18.2 Å². The monoisotopic (exact) mass is 311 g/mol. The highest BCUT2D eigenvalue weighted by molar-refractivity contribution is 9.10. The lowest BCUT2D eigenvalue weighted by Crippen LogP contribution is -2.11. The van der Waals surface area contributed by atoms with Crippen LogP contribution in [0, 0.1) is 0 Å². The molecule has 0 atom stereocenters. The highest BCUT2D eigenvalue weighted by Crippen LogP contribution is 2.33. The Balaban J connectivity index is 2.86. The standard InChI is InChI=1S/C10H9BrF3NO2/c1-2-17-8(16)5-6-3-4-7(9(11)15-6)10(12,13)14/h3-4H,2,5H2,1H3. The molecule has 0 fully saturated rings. The van der Waals surface area contributed by atoms with Gasteiger partial charge in [0.05, 0.1) is 24.3 Å². The van der Waals surface area contributed by atoms with Crippen molar-refractivity contribution in [3.63, 3.8) is 0 Å². The Morgan fingerprint density at radius 3 is 2.59 bits per heavy atom. The summed E-state index contributed by atoms with van der Waals surface area (Å²) in [5.74, 6) is -0.522. The summed E-state index contributed by atoms with van der Waals surface area (Å²) in [5, 5.41) is 0. The highest BCUT2D eigenvalue weighted by Gasteiger charge is 2.33. The lowest BCUT2D eigenvalue weighted by Gasteiger charge is -2.09. The molecule has 0 aliphatic carbocycles. The quantitative estimate of drug-likeness (QED) is 0.636. The molecule has 7 heteroatoms. The van der Waals surface area contributed by atoms with Crippen LogP contribution in [-0.4, -0.2) is 17.6 Å². The SMILES string of the molecule is CCOC(=O)Cc1ccc(C(F)(F)F)c(Br)n1. The van der Waals surface area contributed by atoms with Gasteiger partial charge in [0.15, 0.2) is 0 Å². The molecule has 0 N–H and O–H groups in total. The number of ether oxygens (including phenoxy) is 1. The number of halogens is 4. The van der Waals surface area contributed by atoms with Crippen LogP contribution in [0.4, 0.5) is 13.2 Å². The van der Waals surface area contributed by atoms with Crippen molar-refractivity contribution in [3.05, 3.63) is 28.0 Å². The Bertz CT molecular complexity index is 421. The zero-order valence-corrected chi connectivity index (χ0v) is 10.4. The van der Waals surface area contributed by atoms with Gasteiger partial charge in [-0.15, -0.1) is 0 Å². The van der Waals surface area contributed by atoms with Crippen molar-refractivity contribution in [1.29, 1.82) is 0 Å². The number of nitrogens with zero attached hydrogens (tertiary/aromatic N) is 1. The summed E-state index contributed by atoms with van der Waals surface area (Å²) >= 11 is 2.73. The van der Waals surface area contributed by atoms with E-state index in [1.165, 1.54) is 0 Å². The molecule has 1 aromatic rings. The average Bonchev–Trinajstić information content (AvgIpc) is 2.15. The number of rotatable bonds is 3. The van der Waals surface area contributed by atoms with Gasteiger partial charge in [-0.1, -0.05) is 0 Å². The van der Waals surface area contributed by atoms with E-state index in [4.69, 9.17) is 0 Å². The smallest absolute Gasteiger partial charge is 0.419 e. The summed E-state index contributed by atoms with van der Waals surface area (Å²) in [6.07, 6.45) is -4.61. The van der Waals surface area contributed by atoms with Crippen molar-refractivity contribution in [2.75, 3.05) is 6.61 Å². The maximum atomic E-state index is 12.4. The predicted octanol–water partition coefficient (Wildman–Crippen LogP) is 2.97. The van der Waals surface area contributed by atoms with Gasteiger partial charge in [0.25, 0.3) is 0 Å². The van der Waals surface area contributed by atoms with E-state index in [1.54, 1.807) is 6.92 Å². The van der Waals surface area contributed by atoms with Crippen molar-refractivity contribution < 1.29 is 22.7 Å². The van der Waals surface area contributed by atoms with E-state index in [1.807, 2.05) is 0 Å². The zero-order chi connectivity index (χ0) is 13.1. The molecule has 17 heavy (non-hydrogen) atoms. The molecule has 3 nitrogen and oxygen atoms in total. The third kappa shape index (κ3) is 3.99. The van der Waals surface area contributed by atoms with Gasteiger partial charge in [-0.2, -0.15) is 13.2 Å². The van der Waals surface area contributed by atoms with E-state index in [0.717, 1.165) is 12.1 Å². The van der Waals surface area contributed by atoms with Crippen LogP contribution in [0.3, 0.4) is 0 Å². The Labute approximate surface area is 104 Å². The summed E-state index contributed by atoms with van der Waals surface area (Å²) < 4.78 is 41.5. The molecular formula is C10H9BrF3NO2. The first-order valence-electron chi connectivity index (χ1n) is 4.72. The Morgan fingerprint density at radius 2 is 2.12 bits per heavy atom. The Hall–Kier alpha value is -1.11. The van der Waals surface area contributed by atoms with Gasteiger partial charge in [-0.05, 0) is 35.0 Å². The van der Waals surface area contributed by atoms with Crippen molar-refractivity contribution in [2.24, 2.45) is 0 Å². The fourth-order valence-corrected chi connectivity index (χ4v) is 1.73. The molecular weight excluding hydrogens is 303 g/mol. The van der Waals surface area contributed by atoms with Gasteiger partial charge >= 0.3 is 12.1 Å². The summed E-state index contributed by atoms with van der Waals surface area (Å²) in [5.41, 5.74) is -0.645. The number of hydrogen-bond donors (Lipinski definition) is 0. The minimum atomic E-state index is -4.46. The van der Waals surface area contributed by atoms with Gasteiger partial charge in [-0.3, -0.25) is 4.79 Å². The van der Waals surface area contributed by atoms with E-state index in [-0.39, 0.29) is 23.3 Å². The van der Waals surface area contributed by atoms with Crippen LogP contribution in [0.2, 0.25) is 0 Å². The number of pyridine rings is 1. The number of esters is 1.